The van der Waals surface area contributed by atoms with Crippen LogP contribution in [0.1, 0.15) is 17.4 Å². The molecular formula is C12H9ClN2O5. The topological polar surface area (TPSA) is 95.5 Å². The van der Waals surface area contributed by atoms with E-state index in [1.54, 1.807) is 6.92 Å². The fourth-order valence-electron chi connectivity index (χ4n) is 1.66. The second kappa shape index (κ2) is 5.70. The molecule has 2 aromatic rings. The Bertz CT molecular complexity index is 668. The first-order valence-electron chi connectivity index (χ1n) is 5.60. The van der Waals surface area contributed by atoms with Crippen molar-refractivity contribution in [2.75, 3.05) is 6.61 Å². The lowest BCUT2D eigenvalue weighted by molar-refractivity contribution is -0.384. The predicted octanol–water partition coefficient (Wildman–Crippen LogP) is 3.08. The van der Waals surface area contributed by atoms with Crippen LogP contribution >= 0.6 is 11.6 Å². The number of oxazole rings is 1. The number of ether oxygens (including phenoxy) is 1. The average molecular weight is 297 g/mol. The zero-order valence-electron chi connectivity index (χ0n) is 10.3. The maximum Gasteiger partial charge on any atom is 0.360 e. The Balaban J connectivity index is 2.61. The molecule has 0 fully saturated rings. The molecule has 0 saturated heterocycles. The Morgan fingerprint density at radius 3 is 2.95 bits per heavy atom. The van der Waals surface area contributed by atoms with E-state index in [0.717, 1.165) is 6.39 Å². The van der Waals surface area contributed by atoms with Crippen LogP contribution in [0.4, 0.5) is 5.69 Å². The second-order valence-electron chi connectivity index (χ2n) is 3.64. The van der Waals surface area contributed by atoms with Crippen LogP contribution in [-0.4, -0.2) is 22.5 Å². The lowest BCUT2D eigenvalue weighted by atomic mass is 10.1. The lowest BCUT2D eigenvalue weighted by Crippen LogP contribution is -2.07. The van der Waals surface area contributed by atoms with Crippen LogP contribution < -0.4 is 0 Å². The van der Waals surface area contributed by atoms with Crippen LogP contribution in [0, 0.1) is 10.1 Å². The lowest BCUT2D eigenvalue weighted by Gasteiger charge is -2.04. The molecule has 1 aromatic heterocycles. The number of hydrogen-bond donors (Lipinski definition) is 0. The molecule has 7 nitrogen and oxygen atoms in total. The quantitative estimate of drug-likeness (QED) is 0.489. The summed E-state index contributed by atoms with van der Waals surface area (Å²) in [7, 11) is 0. The van der Waals surface area contributed by atoms with Crippen LogP contribution in [0.15, 0.2) is 29.0 Å². The average Bonchev–Trinajstić information content (AvgIpc) is 2.87. The van der Waals surface area contributed by atoms with Gasteiger partial charge in [-0.25, -0.2) is 9.78 Å². The highest BCUT2D eigenvalue weighted by Gasteiger charge is 2.27. The van der Waals surface area contributed by atoms with Gasteiger partial charge < -0.3 is 9.15 Å². The molecule has 0 atom stereocenters. The first-order chi connectivity index (χ1) is 9.56. The van der Waals surface area contributed by atoms with Gasteiger partial charge in [-0.3, -0.25) is 10.1 Å². The Labute approximate surface area is 118 Å². The van der Waals surface area contributed by atoms with E-state index >= 15 is 0 Å². The van der Waals surface area contributed by atoms with Crippen molar-refractivity contribution in [3.05, 3.63) is 45.4 Å². The molecular weight excluding hydrogens is 288 g/mol. The molecule has 0 aliphatic rings. The van der Waals surface area contributed by atoms with E-state index in [-0.39, 0.29) is 34.3 Å². The summed E-state index contributed by atoms with van der Waals surface area (Å²) in [6.07, 6.45) is 1.01. The van der Waals surface area contributed by atoms with Crippen molar-refractivity contribution in [1.82, 2.24) is 4.98 Å². The first-order valence-corrected chi connectivity index (χ1v) is 5.98. The summed E-state index contributed by atoms with van der Waals surface area (Å²) in [5.41, 5.74) is -0.428. The molecule has 1 heterocycles. The van der Waals surface area contributed by atoms with E-state index in [9.17, 15) is 14.9 Å². The molecule has 0 radical (unpaired) electrons. The second-order valence-corrected chi connectivity index (χ2v) is 4.05. The number of esters is 1. The van der Waals surface area contributed by atoms with Gasteiger partial charge >= 0.3 is 5.97 Å². The third-order valence-corrected chi connectivity index (χ3v) is 2.77. The molecule has 20 heavy (non-hydrogen) atoms. The van der Waals surface area contributed by atoms with Crippen LogP contribution in [0.3, 0.4) is 0 Å². The smallest absolute Gasteiger partial charge is 0.360 e. The van der Waals surface area contributed by atoms with Gasteiger partial charge in [0.05, 0.1) is 16.6 Å². The molecule has 0 saturated carbocycles. The minimum absolute atomic E-state index is 0.000260. The van der Waals surface area contributed by atoms with Crippen molar-refractivity contribution >= 4 is 23.3 Å². The van der Waals surface area contributed by atoms with Crippen molar-refractivity contribution in [1.29, 1.82) is 0 Å². The fourth-order valence-corrected chi connectivity index (χ4v) is 1.91. The Kier molecular flexibility index (Phi) is 3.99. The van der Waals surface area contributed by atoms with Crippen LogP contribution in [-0.2, 0) is 4.74 Å². The molecule has 0 bridgehead atoms. The van der Waals surface area contributed by atoms with Crippen molar-refractivity contribution in [3.8, 4) is 11.3 Å². The maximum absolute atomic E-state index is 11.7. The van der Waals surface area contributed by atoms with E-state index in [2.05, 4.69) is 4.98 Å². The summed E-state index contributed by atoms with van der Waals surface area (Å²) in [6, 6.07) is 4.16. The van der Waals surface area contributed by atoms with Crippen molar-refractivity contribution in [3.63, 3.8) is 0 Å². The molecule has 2 rings (SSSR count). The third-order valence-electron chi connectivity index (χ3n) is 2.45. The molecule has 8 heteroatoms. The Morgan fingerprint density at radius 1 is 1.55 bits per heavy atom. The van der Waals surface area contributed by atoms with Crippen molar-refractivity contribution in [2.24, 2.45) is 0 Å². The number of rotatable bonds is 4. The van der Waals surface area contributed by atoms with Gasteiger partial charge in [-0.2, -0.15) is 0 Å². The number of halogens is 1. The van der Waals surface area contributed by atoms with Gasteiger partial charge in [0.1, 0.15) is 5.56 Å². The van der Waals surface area contributed by atoms with Gasteiger partial charge in [-0.15, -0.1) is 0 Å². The van der Waals surface area contributed by atoms with Gasteiger partial charge in [-0.1, -0.05) is 17.7 Å². The normalized spacial score (nSPS) is 10.3. The number of nitro groups is 1. The zero-order chi connectivity index (χ0) is 14.7. The summed E-state index contributed by atoms with van der Waals surface area (Å²) >= 11 is 5.97. The van der Waals surface area contributed by atoms with Gasteiger partial charge in [-0.05, 0) is 13.0 Å². The molecule has 0 spiro atoms. The molecule has 0 unspecified atom stereocenters. The number of benzene rings is 1. The number of carbonyl (C=O) groups is 1. The van der Waals surface area contributed by atoms with Crippen LogP contribution in [0.25, 0.3) is 11.3 Å². The summed E-state index contributed by atoms with van der Waals surface area (Å²) in [5, 5.41) is 11.1. The zero-order valence-corrected chi connectivity index (χ0v) is 11.1. The number of carbonyl (C=O) groups excluding carboxylic acids is 1. The number of hydrogen-bond acceptors (Lipinski definition) is 6. The molecule has 0 N–H and O–H groups in total. The molecule has 104 valence electrons. The minimum Gasteiger partial charge on any atom is -0.461 e. The van der Waals surface area contributed by atoms with Crippen LogP contribution in [0.2, 0.25) is 5.02 Å². The van der Waals surface area contributed by atoms with E-state index in [4.69, 9.17) is 20.8 Å². The standard InChI is InChI=1S/C12H9ClN2O5/c1-2-19-12(16)10-11(20-6-14-10)9-7(13)4-3-5-8(9)15(17)18/h3-6H,2H2,1H3. The fraction of sp³-hybridized carbons (Fsp3) is 0.167. The van der Waals surface area contributed by atoms with Gasteiger partial charge in [0.25, 0.3) is 5.69 Å². The number of aromatic nitrogens is 1. The van der Waals surface area contributed by atoms with Gasteiger partial charge in [0.2, 0.25) is 0 Å². The molecule has 0 amide bonds. The highest BCUT2D eigenvalue weighted by atomic mass is 35.5. The number of nitrogens with zero attached hydrogens (tertiary/aromatic N) is 2. The SMILES string of the molecule is CCOC(=O)c1ncoc1-c1c(Cl)cccc1[N+](=O)[O-]. The summed E-state index contributed by atoms with van der Waals surface area (Å²) < 4.78 is 9.90. The highest BCUT2D eigenvalue weighted by molar-refractivity contribution is 6.34. The van der Waals surface area contributed by atoms with Crippen molar-refractivity contribution < 1.29 is 18.9 Å². The highest BCUT2D eigenvalue weighted by Crippen LogP contribution is 2.37. The third kappa shape index (κ3) is 2.48. The predicted molar refractivity (Wildman–Crippen MR) is 69.6 cm³/mol. The summed E-state index contributed by atoms with van der Waals surface area (Å²) in [4.78, 5) is 25.9. The molecule has 0 aliphatic carbocycles. The molecule has 0 aliphatic heterocycles. The minimum atomic E-state index is -0.731. The van der Waals surface area contributed by atoms with Gasteiger partial charge in [0, 0.05) is 6.07 Å². The maximum atomic E-state index is 11.7. The van der Waals surface area contributed by atoms with Crippen LogP contribution in [0.5, 0.6) is 0 Å². The summed E-state index contributed by atoms with van der Waals surface area (Å²) in [5.74, 6) is -0.814. The Morgan fingerprint density at radius 2 is 2.30 bits per heavy atom. The monoisotopic (exact) mass is 296 g/mol. The van der Waals surface area contributed by atoms with E-state index < -0.39 is 10.9 Å². The molecule has 1 aromatic carbocycles. The first kappa shape index (κ1) is 14.0. The van der Waals surface area contributed by atoms with E-state index in [1.807, 2.05) is 0 Å². The Hall–Kier alpha value is -2.41. The number of nitro benzene ring substituents is 1. The van der Waals surface area contributed by atoms with Crippen molar-refractivity contribution in [2.45, 2.75) is 6.92 Å². The summed E-state index contributed by atoms with van der Waals surface area (Å²) in [6.45, 7) is 1.78. The van der Waals surface area contributed by atoms with E-state index in [0.29, 0.717) is 0 Å². The van der Waals surface area contributed by atoms with Gasteiger partial charge in [0.15, 0.2) is 17.8 Å². The van der Waals surface area contributed by atoms with E-state index in [1.165, 1.54) is 18.2 Å². The largest absolute Gasteiger partial charge is 0.461 e.